The van der Waals surface area contributed by atoms with Crippen LogP contribution in [0.25, 0.3) is 0 Å². The molecule has 0 aromatic heterocycles. The van der Waals surface area contributed by atoms with E-state index in [-0.39, 0.29) is 0 Å². The lowest BCUT2D eigenvalue weighted by molar-refractivity contribution is 0.149. The first-order chi connectivity index (χ1) is 8.13. The Morgan fingerprint density at radius 2 is 1.76 bits per heavy atom. The lowest BCUT2D eigenvalue weighted by atomic mass is 9.85. The summed E-state index contributed by atoms with van der Waals surface area (Å²) in [5, 5.41) is 5.05. The molecule has 1 heterocycles. The Hall–Kier alpha value is 0.270. The van der Waals surface area contributed by atoms with E-state index < -0.39 is 0 Å². The number of nitrogens with one attached hydrogen (secondary N) is 1. The van der Waals surface area contributed by atoms with Crippen molar-refractivity contribution in [2.45, 2.75) is 50.0 Å². The third-order valence-electron chi connectivity index (χ3n) is 4.27. The highest BCUT2D eigenvalue weighted by Gasteiger charge is 2.36. The molecule has 1 aliphatic heterocycles. The summed E-state index contributed by atoms with van der Waals surface area (Å²) in [6.45, 7) is 9.88. The monoisotopic (exact) mass is 256 g/mol. The summed E-state index contributed by atoms with van der Waals surface area (Å²) in [6.07, 6.45) is 5.74. The van der Waals surface area contributed by atoms with Gasteiger partial charge in [-0.1, -0.05) is 26.7 Å². The van der Waals surface area contributed by atoms with Gasteiger partial charge in [-0.3, -0.25) is 0 Å². The fourth-order valence-corrected chi connectivity index (χ4v) is 5.17. The van der Waals surface area contributed by atoms with Crippen LogP contribution in [0, 0.1) is 5.41 Å². The lowest BCUT2D eigenvalue weighted by Gasteiger charge is -2.40. The molecule has 0 spiro atoms. The SMILES string of the molecule is CNCC1(CN2CC(C)SC(C)C2)CCCC1. The predicted octanol–water partition coefficient (Wildman–Crippen LogP) is 2.59. The highest BCUT2D eigenvalue weighted by Crippen LogP contribution is 2.39. The van der Waals surface area contributed by atoms with Crippen LogP contribution >= 0.6 is 11.8 Å². The minimum atomic E-state index is 0.580. The maximum atomic E-state index is 3.43. The summed E-state index contributed by atoms with van der Waals surface area (Å²) in [5.74, 6) is 0. The fourth-order valence-electron chi connectivity index (χ4n) is 3.78. The number of hydrogen-bond donors (Lipinski definition) is 1. The Balaban J connectivity index is 1.93. The molecule has 0 aromatic rings. The van der Waals surface area contributed by atoms with Gasteiger partial charge in [0.2, 0.25) is 0 Å². The lowest BCUT2D eigenvalue weighted by Crippen LogP contribution is -2.48. The van der Waals surface area contributed by atoms with Gasteiger partial charge in [0.25, 0.3) is 0 Å². The molecule has 0 aromatic carbocycles. The van der Waals surface area contributed by atoms with Gasteiger partial charge < -0.3 is 10.2 Å². The van der Waals surface area contributed by atoms with Crippen molar-refractivity contribution in [3.63, 3.8) is 0 Å². The summed E-state index contributed by atoms with van der Waals surface area (Å²) in [4.78, 5) is 2.73. The van der Waals surface area contributed by atoms with Crippen molar-refractivity contribution in [2.24, 2.45) is 5.41 Å². The zero-order valence-corrected chi connectivity index (χ0v) is 12.5. The van der Waals surface area contributed by atoms with Crippen LogP contribution in [-0.4, -0.2) is 48.6 Å². The van der Waals surface area contributed by atoms with Crippen molar-refractivity contribution in [1.29, 1.82) is 0 Å². The van der Waals surface area contributed by atoms with E-state index in [0.29, 0.717) is 5.41 Å². The Bertz CT molecular complexity index is 228. The van der Waals surface area contributed by atoms with Gasteiger partial charge in [0.15, 0.2) is 0 Å². The van der Waals surface area contributed by atoms with Gasteiger partial charge in [-0.25, -0.2) is 0 Å². The molecule has 100 valence electrons. The van der Waals surface area contributed by atoms with Crippen molar-refractivity contribution < 1.29 is 0 Å². The minimum absolute atomic E-state index is 0.580. The average molecular weight is 256 g/mol. The molecule has 1 aliphatic carbocycles. The molecule has 1 saturated heterocycles. The summed E-state index contributed by atoms with van der Waals surface area (Å²) >= 11 is 2.16. The van der Waals surface area contributed by atoms with E-state index in [9.17, 15) is 0 Å². The van der Waals surface area contributed by atoms with Gasteiger partial charge in [0, 0.05) is 36.7 Å². The standard InChI is InChI=1S/C14H28N2S/c1-12-8-16(9-13(2)17-12)11-14(10-15-3)6-4-5-7-14/h12-13,15H,4-11H2,1-3H3. The first-order valence-corrected chi connectivity index (χ1v) is 8.10. The highest BCUT2D eigenvalue weighted by molar-refractivity contribution is 8.00. The molecule has 1 N–H and O–H groups in total. The minimum Gasteiger partial charge on any atom is -0.319 e. The molecular formula is C14H28N2S. The van der Waals surface area contributed by atoms with Crippen LogP contribution in [0.3, 0.4) is 0 Å². The molecule has 2 fully saturated rings. The van der Waals surface area contributed by atoms with E-state index in [4.69, 9.17) is 0 Å². The molecule has 2 atom stereocenters. The van der Waals surface area contributed by atoms with E-state index in [2.05, 4.69) is 42.9 Å². The third-order valence-corrected chi connectivity index (χ3v) is 5.50. The second-order valence-electron chi connectivity index (χ2n) is 6.19. The molecule has 0 bridgehead atoms. The normalized spacial score (nSPS) is 34.1. The first-order valence-electron chi connectivity index (χ1n) is 7.16. The summed E-state index contributed by atoms with van der Waals surface area (Å²) in [5.41, 5.74) is 0.580. The summed E-state index contributed by atoms with van der Waals surface area (Å²) in [6, 6.07) is 0. The Morgan fingerprint density at radius 3 is 2.29 bits per heavy atom. The first kappa shape index (κ1) is 13.7. The molecule has 0 amide bonds. The number of thioether (sulfide) groups is 1. The van der Waals surface area contributed by atoms with Gasteiger partial charge in [-0.05, 0) is 25.3 Å². The fraction of sp³-hybridized carbons (Fsp3) is 1.00. The highest BCUT2D eigenvalue weighted by atomic mass is 32.2. The molecule has 17 heavy (non-hydrogen) atoms. The Kier molecular flexibility index (Phi) is 4.79. The van der Waals surface area contributed by atoms with Crippen LogP contribution in [0.15, 0.2) is 0 Å². The van der Waals surface area contributed by atoms with Crippen LogP contribution in [0.5, 0.6) is 0 Å². The van der Waals surface area contributed by atoms with Gasteiger partial charge in [0.1, 0.15) is 0 Å². The van der Waals surface area contributed by atoms with Gasteiger partial charge >= 0.3 is 0 Å². The van der Waals surface area contributed by atoms with Crippen LogP contribution < -0.4 is 5.32 Å². The Morgan fingerprint density at radius 1 is 1.18 bits per heavy atom. The van der Waals surface area contributed by atoms with Crippen molar-refractivity contribution in [1.82, 2.24) is 10.2 Å². The molecular weight excluding hydrogens is 228 g/mol. The molecule has 2 aliphatic rings. The number of hydrogen-bond acceptors (Lipinski definition) is 3. The van der Waals surface area contributed by atoms with Crippen LogP contribution in [0.2, 0.25) is 0 Å². The van der Waals surface area contributed by atoms with Gasteiger partial charge in [-0.15, -0.1) is 0 Å². The van der Waals surface area contributed by atoms with Crippen molar-refractivity contribution in [2.75, 3.05) is 33.2 Å². The maximum absolute atomic E-state index is 3.43. The zero-order chi connectivity index (χ0) is 12.3. The van der Waals surface area contributed by atoms with Crippen molar-refractivity contribution in [3.05, 3.63) is 0 Å². The van der Waals surface area contributed by atoms with Gasteiger partial charge in [0.05, 0.1) is 0 Å². The predicted molar refractivity (Wildman–Crippen MR) is 77.8 cm³/mol. The summed E-state index contributed by atoms with van der Waals surface area (Å²) in [7, 11) is 2.11. The molecule has 2 rings (SSSR count). The van der Waals surface area contributed by atoms with E-state index in [1.54, 1.807) is 0 Å². The average Bonchev–Trinajstić information content (AvgIpc) is 2.65. The summed E-state index contributed by atoms with van der Waals surface area (Å²) < 4.78 is 0. The molecule has 0 radical (unpaired) electrons. The quantitative estimate of drug-likeness (QED) is 0.832. The number of nitrogens with zero attached hydrogens (tertiary/aromatic N) is 1. The van der Waals surface area contributed by atoms with E-state index >= 15 is 0 Å². The smallest absolute Gasteiger partial charge is 0.0149 e. The van der Waals surface area contributed by atoms with Crippen molar-refractivity contribution in [3.8, 4) is 0 Å². The van der Waals surface area contributed by atoms with Crippen LogP contribution in [0.1, 0.15) is 39.5 Å². The third kappa shape index (κ3) is 3.62. The zero-order valence-electron chi connectivity index (χ0n) is 11.7. The second kappa shape index (κ2) is 5.94. The second-order valence-corrected chi connectivity index (χ2v) is 8.07. The van der Waals surface area contributed by atoms with Gasteiger partial charge in [-0.2, -0.15) is 11.8 Å². The van der Waals surface area contributed by atoms with E-state index in [1.807, 2.05) is 0 Å². The maximum Gasteiger partial charge on any atom is 0.0149 e. The van der Waals surface area contributed by atoms with E-state index in [0.717, 1.165) is 10.5 Å². The van der Waals surface area contributed by atoms with E-state index in [1.165, 1.54) is 51.9 Å². The van der Waals surface area contributed by atoms with Crippen LogP contribution in [-0.2, 0) is 0 Å². The van der Waals surface area contributed by atoms with Crippen LogP contribution in [0.4, 0.5) is 0 Å². The molecule has 1 saturated carbocycles. The number of rotatable bonds is 4. The topological polar surface area (TPSA) is 15.3 Å². The molecule has 2 unspecified atom stereocenters. The largest absolute Gasteiger partial charge is 0.319 e. The molecule has 2 nitrogen and oxygen atoms in total. The molecule has 3 heteroatoms. The van der Waals surface area contributed by atoms with Crippen molar-refractivity contribution >= 4 is 11.8 Å². The Labute approximate surface area is 111 Å².